The molecule has 0 spiro atoms. The number of carbonyl (C=O) groups excluding carboxylic acids is 2. The van der Waals surface area contributed by atoms with Crippen LogP contribution in [0.4, 0.5) is 0 Å². The molecule has 3 heteroatoms. The summed E-state index contributed by atoms with van der Waals surface area (Å²) in [5.41, 5.74) is 5.52. The Morgan fingerprint density at radius 3 is 2.22 bits per heavy atom. The molecule has 0 saturated carbocycles. The van der Waals surface area contributed by atoms with E-state index < -0.39 is 11.6 Å². The monoisotopic (exact) mass is 123 g/mol. The lowest BCUT2D eigenvalue weighted by Gasteiger charge is -1.96. The molecule has 0 saturated heterocycles. The predicted octanol–water partition coefficient (Wildman–Crippen LogP) is -0.463. The highest BCUT2D eigenvalue weighted by molar-refractivity contribution is 6.46. The quantitative estimate of drug-likeness (QED) is 0.350. The van der Waals surface area contributed by atoms with E-state index in [0.29, 0.717) is 5.70 Å². The third-order valence-electron chi connectivity index (χ3n) is 0.968. The number of carbonyl (C=O) groups is 2. The van der Waals surface area contributed by atoms with Gasteiger partial charge in [0.15, 0.2) is 0 Å². The standard InChI is InChI=1S/C6H5NO2/c7-4-1-2-5(8)6(9)3-4/h1-3H,7H2. The third kappa shape index (κ3) is 1.05. The van der Waals surface area contributed by atoms with E-state index in [1.165, 1.54) is 6.08 Å². The van der Waals surface area contributed by atoms with Gasteiger partial charge in [0, 0.05) is 11.8 Å². The highest BCUT2D eigenvalue weighted by Crippen LogP contribution is 1.96. The lowest BCUT2D eigenvalue weighted by Crippen LogP contribution is -2.14. The average molecular weight is 123 g/mol. The molecular formula is C6H5NO2. The van der Waals surface area contributed by atoms with Gasteiger partial charge in [-0.1, -0.05) is 0 Å². The molecule has 1 rings (SSSR count). The minimum absolute atomic E-state index is 0.333. The fourth-order valence-electron chi connectivity index (χ4n) is 0.525. The number of ketones is 2. The van der Waals surface area contributed by atoms with Gasteiger partial charge in [-0.15, -0.1) is 0 Å². The predicted molar refractivity (Wildman–Crippen MR) is 31.4 cm³/mol. The molecule has 0 aromatic carbocycles. The lowest BCUT2D eigenvalue weighted by molar-refractivity contribution is -0.131. The molecule has 46 valence electrons. The fraction of sp³-hybridized carbons (Fsp3) is 0. The first-order valence-corrected chi connectivity index (χ1v) is 2.43. The van der Waals surface area contributed by atoms with Crippen LogP contribution in [0.5, 0.6) is 0 Å². The largest absolute Gasteiger partial charge is 0.399 e. The van der Waals surface area contributed by atoms with Gasteiger partial charge in [-0.2, -0.15) is 0 Å². The second-order valence-electron chi connectivity index (χ2n) is 1.71. The van der Waals surface area contributed by atoms with E-state index in [0.717, 1.165) is 12.2 Å². The van der Waals surface area contributed by atoms with Crippen molar-refractivity contribution >= 4 is 11.6 Å². The van der Waals surface area contributed by atoms with E-state index in [2.05, 4.69) is 0 Å². The van der Waals surface area contributed by atoms with Crippen molar-refractivity contribution in [2.75, 3.05) is 0 Å². The van der Waals surface area contributed by atoms with Gasteiger partial charge < -0.3 is 5.73 Å². The molecule has 0 aromatic rings. The van der Waals surface area contributed by atoms with E-state index in [-0.39, 0.29) is 0 Å². The molecule has 0 heterocycles. The van der Waals surface area contributed by atoms with Gasteiger partial charge >= 0.3 is 0 Å². The van der Waals surface area contributed by atoms with Crippen LogP contribution in [0, 0.1) is 0 Å². The Morgan fingerprint density at radius 2 is 1.78 bits per heavy atom. The Kier molecular flexibility index (Phi) is 1.18. The highest BCUT2D eigenvalue weighted by atomic mass is 16.2. The van der Waals surface area contributed by atoms with Crippen molar-refractivity contribution in [1.82, 2.24) is 0 Å². The van der Waals surface area contributed by atoms with Crippen LogP contribution < -0.4 is 5.73 Å². The maximum atomic E-state index is 10.4. The minimum Gasteiger partial charge on any atom is -0.399 e. The Hall–Kier alpha value is -1.38. The zero-order valence-electron chi connectivity index (χ0n) is 4.63. The van der Waals surface area contributed by atoms with Crippen LogP contribution in [-0.2, 0) is 9.59 Å². The second kappa shape index (κ2) is 1.85. The molecule has 1 aliphatic carbocycles. The Labute approximate surface area is 51.8 Å². The van der Waals surface area contributed by atoms with Crippen LogP contribution in [0.1, 0.15) is 0 Å². The summed E-state index contributed by atoms with van der Waals surface area (Å²) in [6.45, 7) is 0. The lowest BCUT2D eigenvalue weighted by atomic mass is 10.1. The molecule has 2 N–H and O–H groups in total. The molecular weight excluding hydrogens is 118 g/mol. The highest BCUT2D eigenvalue weighted by Gasteiger charge is 2.10. The molecule has 0 atom stereocenters. The molecule has 3 nitrogen and oxygen atoms in total. The maximum Gasteiger partial charge on any atom is 0.227 e. The minimum atomic E-state index is -0.546. The first-order chi connectivity index (χ1) is 4.20. The SMILES string of the molecule is NC1=CC(=O)C(=O)C=C1. The summed E-state index contributed by atoms with van der Waals surface area (Å²) < 4.78 is 0. The van der Waals surface area contributed by atoms with Gasteiger partial charge in [-0.05, 0) is 12.2 Å². The number of allylic oxidation sites excluding steroid dienone is 3. The van der Waals surface area contributed by atoms with Crippen molar-refractivity contribution in [3.8, 4) is 0 Å². The first-order valence-electron chi connectivity index (χ1n) is 2.43. The zero-order chi connectivity index (χ0) is 6.85. The van der Waals surface area contributed by atoms with Crippen molar-refractivity contribution in [2.45, 2.75) is 0 Å². The molecule has 0 aromatic heterocycles. The summed E-state index contributed by atoms with van der Waals surface area (Å²) in [6, 6.07) is 0. The molecule has 1 aliphatic rings. The van der Waals surface area contributed by atoms with Gasteiger partial charge in [0.05, 0.1) is 0 Å². The molecule has 0 unspecified atom stereocenters. The topological polar surface area (TPSA) is 60.2 Å². The molecule has 9 heavy (non-hydrogen) atoms. The summed E-state index contributed by atoms with van der Waals surface area (Å²) >= 11 is 0. The van der Waals surface area contributed by atoms with E-state index >= 15 is 0 Å². The van der Waals surface area contributed by atoms with Gasteiger partial charge in [0.2, 0.25) is 11.6 Å². The van der Waals surface area contributed by atoms with Crippen molar-refractivity contribution < 1.29 is 9.59 Å². The smallest absolute Gasteiger partial charge is 0.227 e. The second-order valence-corrected chi connectivity index (χ2v) is 1.71. The normalized spacial score (nSPS) is 18.0. The van der Waals surface area contributed by atoms with Crippen LogP contribution in [0.3, 0.4) is 0 Å². The zero-order valence-corrected chi connectivity index (χ0v) is 4.63. The van der Waals surface area contributed by atoms with E-state index in [1.807, 2.05) is 0 Å². The van der Waals surface area contributed by atoms with Gasteiger partial charge in [-0.3, -0.25) is 9.59 Å². The Balaban J connectivity index is 2.95. The van der Waals surface area contributed by atoms with E-state index in [4.69, 9.17) is 5.73 Å². The summed E-state index contributed by atoms with van der Waals surface area (Å²) in [6.07, 6.45) is 3.68. The number of hydrogen-bond donors (Lipinski definition) is 1. The van der Waals surface area contributed by atoms with E-state index in [9.17, 15) is 9.59 Å². The molecule has 0 amide bonds. The van der Waals surface area contributed by atoms with Crippen molar-refractivity contribution in [2.24, 2.45) is 5.73 Å². The summed E-state index contributed by atoms with van der Waals surface area (Å²) in [5.74, 6) is -1.06. The summed E-state index contributed by atoms with van der Waals surface area (Å²) in [4.78, 5) is 20.9. The Morgan fingerprint density at radius 1 is 1.11 bits per heavy atom. The van der Waals surface area contributed by atoms with Crippen molar-refractivity contribution in [1.29, 1.82) is 0 Å². The molecule has 0 aliphatic heterocycles. The van der Waals surface area contributed by atoms with Gasteiger partial charge in [-0.25, -0.2) is 0 Å². The molecule has 0 bridgehead atoms. The van der Waals surface area contributed by atoms with Crippen molar-refractivity contribution in [3.05, 3.63) is 23.9 Å². The van der Waals surface area contributed by atoms with Crippen molar-refractivity contribution in [3.63, 3.8) is 0 Å². The summed E-state index contributed by atoms with van der Waals surface area (Å²) in [7, 11) is 0. The maximum absolute atomic E-state index is 10.4. The van der Waals surface area contributed by atoms with E-state index in [1.54, 1.807) is 0 Å². The van der Waals surface area contributed by atoms with Crippen LogP contribution in [0.15, 0.2) is 23.9 Å². The number of hydrogen-bond acceptors (Lipinski definition) is 3. The number of rotatable bonds is 0. The average Bonchev–Trinajstić information content (AvgIpc) is 1.80. The first kappa shape index (κ1) is 5.75. The summed E-state index contributed by atoms with van der Waals surface area (Å²) in [5, 5.41) is 0. The van der Waals surface area contributed by atoms with Crippen LogP contribution in [-0.4, -0.2) is 11.6 Å². The molecule has 0 fully saturated rings. The van der Waals surface area contributed by atoms with Crippen LogP contribution >= 0.6 is 0 Å². The fourth-order valence-corrected chi connectivity index (χ4v) is 0.525. The van der Waals surface area contributed by atoms with Crippen LogP contribution in [0.2, 0.25) is 0 Å². The third-order valence-corrected chi connectivity index (χ3v) is 0.968. The Bertz CT molecular complexity index is 225. The number of nitrogens with two attached hydrogens (primary N) is 1. The van der Waals surface area contributed by atoms with Crippen LogP contribution in [0.25, 0.3) is 0 Å². The molecule has 0 radical (unpaired) electrons. The van der Waals surface area contributed by atoms with Gasteiger partial charge in [0.1, 0.15) is 0 Å². The van der Waals surface area contributed by atoms with Gasteiger partial charge in [0.25, 0.3) is 0 Å².